The number of benzene rings is 3. The summed E-state index contributed by atoms with van der Waals surface area (Å²) < 4.78 is 63.9. The van der Waals surface area contributed by atoms with Gasteiger partial charge in [0.05, 0.1) is 47.4 Å². The smallest absolute Gasteiger partial charge is 0.478 e. The van der Waals surface area contributed by atoms with Crippen molar-refractivity contribution in [3.05, 3.63) is 117 Å². The van der Waals surface area contributed by atoms with Crippen molar-refractivity contribution in [2.45, 2.75) is 91.3 Å². The molecule has 406 valence electrons. The Morgan fingerprint density at radius 3 is 2.34 bits per heavy atom. The number of hydrogen-bond donors (Lipinski definition) is 8. The largest absolute Gasteiger partial charge is 0.490 e. The number of hydrogen-bond acceptors (Lipinski definition) is 15. The number of aromatic nitrogens is 3. The molecule has 9 rings (SSSR count). The lowest BCUT2D eigenvalue weighted by Gasteiger charge is -2.43. The second-order valence-corrected chi connectivity index (χ2v) is 24.4. The number of amides is 1. The van der Waals surface area contributed by atoms with Gasteiger partial charge in [0.1, 0.15) is 48.2 Å². The molecule has 0 bridgehead atoms. The fourth-order valence-electron chi connectivity index (χ4n) is 10.9. The summed E-state index contributed by atoms with van der Waals surface area (Å²) in [7, 11) is -16.9. The van der Waals surface area contributed by atoms with Crippen molar-refractivity contribution >= 4 is 74.6 Å². The van der Waals surface area contributed by atoms with Crippen LogP contribution in [0, 0.1) is 11.8 Å². The molecule has 77 heavy (non-hydrogen) atoms. The average molecular weight is 1120 g/mol. The van der Waals surface area contributed by atoms with E-state index in [9.17, 15) is 43.3 Å². The number of aliphatic hydroxyl groups excluding tert-OH is 1. The highest BCUT2D eigenvalue weighted by atomic mass is 31.3. The van der Waals surface area contributed by atoms with Gasteiger partial charge in [-0.2, -0.15) is 8.62 Å². The monoisotopic (exact) mass is 1120 g/mol. The average Bonchev–Trinajstić information content (AvgIpc) is 3.89. The van der Waals surface area contributed by atoms with Crippen molar-refractivity contribution in [1.82, 2.24) is 24.4 Å². The quantitative estimate of drug-likeness (QED) is 0.0376. The first-order chi connectivity index (χ1) is 36.0. The van der Waals surface area contributed by atoms with E-state index in [0.29, 0.717) is 57.5 Å². The predicted octanol–water partition coefficient (Wildman–Crippen LogP) is 5.57. The third-order valence-electron chi connectivity index (χ3n) is 13.9. The number of carboxylic acids is 1. The summed E-state index contributed by atoms with van der Waals surface area (Å²) in [6.07, 6.45) is 3.27. The van der Waals surface area contributed by atoms with Crippen LogP contribution in [0.25, 0.3) is 27.8 Å². The summed E-state index contributed by atoms with van der Waals surface area (Å²) in [5, 5.41) is 26.4. The fourth-order valence-corrected chi connectivity index (χ4v) is 13.9. The fraction of sp³-hybridized carbons (Fsp3) is 0.353. The molecule has 1 fully saturated rings. The van der Waals surface area contributed by atoms with Gasteiger partial charge in [0.15, 0.2) is 5.54 Å². The molecule has 0 saturated carbocycles. The summed E-state index contributed by atoms with van der Waals surface area (Å²) >= 11 is 0. The van der Waals surface area contributed by atoms with Crippen LogP contribution in [-0.2, 0) is 31.6 Å². The van der Waals surface area contributed by atoms with Gasteiger partial charge in [-0.05, 0) is 94.7 Å². The molecule has 6 heterocycles. The number of carbonyl (C=O) groups is 2. The number of nitrogen functional groups attached to an aromatic ring is 1. The van der Waals surface area contributed by atoms with E-state index in [2.05, 4.69) is 129 Å². The number of likely N-dealkylation sites (N-methyl/N-ethyl adjacent to an activating group) is 2. The second kappa shape index (κ2) is 20.2. The maximum Gasteiger partial charge on any atom is 0.490 e. The molecule has 4 aliphatic rings. The van der Waals surface area contributed by atoms with Crippen LogP contribution in [0.5, 0.6) is 11.5 Å². The number of rotatable bonds is 14. The summed E-state index contributed by atoms with van der Waals surface area (Å²) in [6, 6.07) is 12.6. The number of nitrogens with zero attached hydrogens (tertiary/aromatic N) is 5. The van der Waals surface area contributed by atoms with Crippen LogP contribution in [0.1, 0.15) is 117 Å². The molecular weight excluding hydrogens is 1060 g/mol. The Bertz CT molecular complexity index is 3760. The highest BCUT2D eigenvalue weighted by molar-refractivity contribution is 7.66. The van der Waals surface area contributed by atoms with Gasteiger partial charge in [-0.1, -0.05) is 17.9 Å². The Labute approximate surface area is 441 Å². The van der Waals surface area contributed by atoms with Crippen LogP contribution in [0.4, 0.5) is 11.5 Å². The Balaban J connectivity index is 1.03. The number of nitrogens with one attached hydrogen (secondary N) is 1. The van der Waals surface area contributed by atoms with E-state index in [1.165, 1.54) is 29.2 Å². The van der Waals surface area contributed by atoms with Gasteiger partial charge < -0.3 is 59.8 Å². The first kappa shape index (κ1) is 55.4. The summed E-state index contributed by atoms with van der Waals surface area (Å²) in [5.41, 5.74) is 12.9. The number of ether oxygens (including phenoxy) is 2. The highest BCUT2D eigenvalue weighted by Crippen LogP contribution is 2.66. The zero-order valence-electron chi connectivity index (χ0n) is 43.0. The minimum absolute atomic E-state index is 0.0288. The lowest BCUT2D eigenvalue weighted by molar-refractivity contribution is -0.0421. The minimum atomic E-state index is -5.79. The number of nitrogens with two attached hydrogens (primary N) is 1. The standard InChI is InChI=1S/C51H56N7O16P3/c1-9-57-37-19-40-35(17-32(37)27(3)22-50(57,5)6)45(36-18-33-28(4)23-51(7,8)58(10-2)38(33)20-41(36)71-40)34-16-29(13-14-31(34)49(61)62)48(60)53-15-11-12-30-24-56(47-44(30)46(52)54-26-55-47)43-21-39(59)42(72-43)25-70-76(66,67)74-77(68,69)73-75(63,64)65/h13-14,16-20,22-24,26,39,42-43,59H,9-10,15,21,25H2,1-8H3,(H7-,52,53,54,55,60,61,62,63,64,65,66,67,68,69)/p+1/t39-,42+,43+/m0/s1. The minimum Gasteiger partial charge on any atom is -0.478 e. The number of phosphoric ester groups is 1. The molecule has 0 spiro atoms. The summed E-state index contributed by atoms with van der Waals surface area (Å²) in [6.45, 7) is 17.3. The predicted molar refractivity (Wildman–Crippen MR) is 283 cm³/mol. The van der Waals surface area contributed by atoms with Crippen LogP contribution in [-0.4, -0.2) is 106 Å². The molecule has 4 aliphatic heterocycles. The Kier molecular flexibility index (Phi) is 14.5. The van der Waals surface area contributed by atoms with E-state index >= 15 is 0 Å². The van der Waals surface area contributed by atoms with Gasteiger partial charge >= 0.3 is 29.4 Å². The lowest BCUT2D eigenvalue weighted by atomic mass is 9.83. The van der Waals surface area contributed by atoms with E-state index < -0.39 is 60.4 Å². The van der Waals surface area contributed by atoms with Crippen molar-refractivity contribution in [1.29, 1.82) is 0 Å². The van der Waals surface area contributed by atoms with Crippen molar-refractivity contribution in [3.63, 3.8) is 0 Å². The van der Waals surface area contributed by atoms with E-state index in [-0.39, 0.29) is 46.6 Å². The molecule has 1 amide bonds. The number of aromatic carboxylic acids is 1. The topological polar surface area (TPSA) is 328 Å². The molecule has 0 radical (unpaired) electrons. The number of anilines is 2. The normalized spacial score (nSPS) is 20.7. The maximum atomic E-state index is 14.2. The van der Waals surface area contributed by atoms with E-state index in [0.717, 1.165) is 33.3 Å². The van der Waals surface area contributed by atoms with Crippen LogP contribution >= 0.6 is 23.5 Å². The number of allylic oxidation sites excluding steroid dienone is 2. The van der Waals surface area contributed by atoms with Crippen molar-refractivity contribution in [2.75, 3.05) is 36.9 Å². The molecule has 0 aliphatic carbocycles. The van der Waals surface area contributed by atoms with Crippen molar-refractivity contribution < 1.29 is 75.7 Å². The van der Waals surface area contributed by atoms with E-state index in [4.69, 9.17) is 25.0 Å². The second-order valence-electron chi connectivity index (χ2n) is 19.9. The Morgan fingerprint density at radius 2 is 1.65 bits per heavy atom. The Morgan fingerprint density at radius 1 is 0.922 bits per heavy atom. The first-order valence-electron chi connectivity index (χ1n) is 24.3. The molecule has 5 atom stereocenters. The molecule has 5 aromatic rings. The van der Waals surface area contributed by atoms with Crippen molar-refractivity contribution in [2.24, 2.45) is 0 Å². The number of aliphatic hydroxyl groups is 1. The van der Waals surface area contributed by atoms with Crippen LogP contribution in [0.2, 0.25) is 0 Å². The SMILES string of the molecule is CCN1c2cc3c(cc2C(C)=CC1(C)C)C(c1cc(C(=O)NCC#Cc2cn([C@H]4C[C@H](O)[C@@H](COP(=O)(O)OP(=O)(O)OP(=O)(O)O)O4)c4ncnc(N)c24)ccc1C(=O)O)=c1cc2c(cc1O3)=[N+](CC)C(C)(C)C=C2C. The molecule has 9 N–H and O–H groups in total. The zero-order chi connectivity index (χ0) is 55.9. The van der Waals surface area contributed by atoms with Crippen molar-refractivity contribution in [3.8, 4) is 23.3 Å². The number of carbonyl (C=O) groups excluding carboxylic acids is 1. The van der Waals surface area contributed by atoms with Gasteiger partial charge in [0, 0.05) is 77.8 Å². The Hall–Kier alpha value is -6.34. The number of carboxylic acid groups (broad SMARTS) is 1. The number of phosphoric acid groups is 3. The highest BCUT2D eigenvalue weighted by Gasteiger charge is 2.44. The molecule has 2 aromatic heterocycles. The first-order valence-corrected chi connectivity index (χ1v) is 28.8. The molecule has 26 heteroatoms. The van der Waals surface area contributed by atoms with E-state index in [1.54, 1.807) is 6.07 Å². The van der Waals surface area contributed by atoms with Gasteiger partial charge in [0.2, 0.25) is 5.36 Å². The van der Waals surface area contributed by atoms with E-state index in [1.807, 2.05) is 12.1 Å². The molecule has 23 nitrogen and oxygen atoms in total. The molecular formula is C51H57N7O16P3+. The molecule has 3 aromatic carbocycles. The zero-order valence-corrected chi connectivity index (χ0v) is 45.7. The maximum absolute atomic E-state index is 14.2. The van der Waals surface area contributed by atoms with Gasteiger partial charge in [-0.25, -0.2) is 33.0 Å². The summed E-state index contributed by atoms with van der Waals surface area (Å²) in [5.74, 6) is 5.24. The van der Waals surface area contributed by atoms with Gasteiger partial charge in [0.25, 0.3) is 5.91 Å². The lowest BCUT2D eigenvalue weighted by Crippen LogP contribution is -2.49. The summed E-state index contributed by atoms with van der Waals surface area (Å²) in [4.78, 5) is 75.2. The number of fused-ring (bicyclic) bond motifs is 5. The molecule has 2 unspecified atom stereocenters. The van der Waals surface area contributed by atoms with Gasteiger partial charge in [-0.15, -0.1) is 0 Å². The third-order valence-corrected chi connectivity index (χ3v) is 17.7. The van der Waals surface area contributed by atoms with Crippen LogP contribution in [0.15, 0.2) is 67.1 Å². The van der Waals surface area contributed by atoms with Crippen LogP contribution < -0.4 is 35.8 Å². The van der Waals surface area contributed by atoms with Crippen LogP contribution in [0.3, 0.4) is 0 Å². The van der Waals surface area contributed by atoms with Gasteiger partial charge in [-0.3, -0.25) is 9.32 Å². The third kappa shape index (κ3) is 10.8. The molecule has 1 saturated heterocycles.